The van der Waals surface area contributed by atoms with Crippen LogP contribution in [-0.2, 0) is 14.3 Å². The van der Waals surface area contributed by atoms with E-state index in [1.165, 1.54) is 11.3 Å². The summed E-state index contributed by atoms with van der Waals surface area (Å²) in [6.07, 6.45) is 3.27. The molecule has 0 N–H and O–H groups in total. The zero-order valence-electron chi connectivity index (χ0n) is 15.3. The van der Waals surface area contributed by atoms with E-state index in [2.05, 4.69) is 9.88 Å². The monoisotopic (exact) mass is 399 g/mol. The molecule has 2 aliphatic heterocycles. The normalized spacial score (nSPS) is 23.4. The summed E-state index contributed by atoms with van der Waals surface area (Å²) in [5, 5.41) is 1.80. The molecule has 0 saturated carbocycles. The Morgan fingerprint density at radius 1 is 1.18 bits per heavy atom. The fraction of sp³-hybridized carbons (Fsp3) is 0.400. The Balaban J connectivity index is 1.63. The van der Waals surface area contributed by atoms with E-state index in [9.17, 15) is 14.4 Å². The highest BCUT2D eigenvalue weighted by atomic mass is 32.1. The van der Waals surface area contributed by atoms with E-state index in [4.69, 9.17) is 4.74 Å². The average Bonchev–Trinajstić information content (AvgIpc) is 3.36. The molecule has 0 radical (unpaired) electrons. The van der Waals surface area contributed by atoms with Crippen molar-refractivity contribution >= 4 is 28.8 Å². The predicted octanol–water partition coefficient (Wildman–Crippen LogP) is 1.43. The number of aromatic nitrogens is 1. The van der Waals surface area contributed by atoms with Crippen LogP contribution in [0.15, 0.2) is 42.0 Å². The van der Waals surface area contributed by atoms with Crippen molar-refractivity contribution < 1.29 is 19.1 Å². The Morgan fingerprint density at radius 3 is 2.68 bits per heavy atom. The molecule has 2 atom stereocenters. The van der Waals surface area contributed by atoms with Crippen LogP contribution in [0, 0.1) is 5.92 Å². The summed E-state index contributed by atoms with van der Waals surface area (Å²) in [5.74, 6) is -2.54. The summed E-state index contributed by atoms with van der Waals surface area (Å²) in [4.78, 5) is 47.1. The van der Waals surface area contributed by atoms with Gasteiger partial charge in [0.15, 0.2) is 5.78 Å². The van der Waals surface area contributed by atoms with Gasteiger partial charge in [-0.15, -0.1) is 11.3 Å². The van der Waals surface area contributed by atoms with Gasteiger partial charge in [0, 0.05) is 38.6 Å². The van der Waals surface area contributed by atoms with E-state index < -0.39 is 23.7 Å². The second kappa shape index (κ2) is 8.30. The van der Waals surface area contributed by atoms with E-state index in [0.29, 0.717) is 36.7 Å². The molecule has 0 spiro atoms. The fourth-order valence-electron chi connectivity index (χ4n) is 3.80. The Morgan fingerprint density at radius 2 is 2.00 bits per heavy atom. The van der Waals surface area contributed by atoms with Gasteiger partial charge in [-0.1, -0.05) is 12.1 Å². The number of amides is 1. The Labute approximate surface area is 166 Å². The number of nitrogens with zero attached hydrogens (tertiary/aromatic N) is 3. The first-order valence-corrected chi connectivity index (χ1v) is 10.2. The summed E-state index contributed by atoms with van der Waals surface area (Å²) in [6, 6.07) is 6.43. The zero-order chi connectivity index (χ0) is 19.5. The lowest BCUT2D eigenvalue weighted by Gasteiger charge is -2.31. The molecular weight excluding hydrogens is 378 g/mol. The molecule has 2 aliphatic rings. The largest absolute Gasteiger partial charge is 0.379 e. The molecule has 146 valence electrons. The lowest BCUT2D eigenvalue weighted by molar-refractivity contribution is -0.141. The van der Waals surface area contributed by atoms with Crippen molar-refractivity contribution in [1.82, 2.24) is 14.8 Å². The number of hydrogen-bond acceptors (Lipinski definition) is 7. The number of ether oxygens (including phenoxy) is 1. The fourth-order valence-corrected chi connectivity index (χ4v) is 4.50. The SMILES string of the molecule is O=C1C(=O)N(CCN2CCOCC2)C(c2cccnc2)C1C(=O)c1cccs1. The van der Waals surface area contributed by atoms with Gasteiger partial charge in [-0.25, -0.2) is 0 Å². The average molecular weight is 399 g/mol. The van der Waals surface area contributed by atoms with Crippen LogP contribution >= 0.6 is 11.3 Å². The highest BCUT2D eigenvalue weighted by Crippen LogP contribution is 2.38. The summed E-state index contributed by atoms with van der Waals surface area (Å²) in [5.41, 5.74) is 0.707. The van der Waals surface area contributed by atoms with Crippen LogP contribution in [0.1, 0.15) is 21.3 Å². The third kappa shape index (κ3) is 3.63. The van der Waals surface area contributed by atoms with Gasteiger partial charge in [-0.2, -0.15) is 0 Å². The number of likely N-dealkylation sites (tertiary alicyclic amines) is 1. The van der Waals surface area contributed by atoms with Gasteiger partial charge < -0.3 is 9.64 Å². The number of carbonyl (C=O) groups excluding carboxylic acids is 3. The number of pyridine rings is 1. The smallest absolute Gasteiger partial charge is 0.291 e. The van der Waals surface area contributed by atoms with Gasteiger partial charge >= 0.3 is 0 Å². The zero-order valence-corrected chi connectivity index (χ0v) is 16.1. The summed E-state index contributed by atoms with van der Waals surface area (Å²) >= 11 is 1.29. The highest BCUT2D eigenvalue weighted by Gasteiger charge is 2.51. The number of ketones is 2. The first kappa shape index (κ1) is 18.9. The van der Waals surface area contributed by atoms with Crippen LogP contribution in [0.3, 0.4) is 0 Å². The molecule has 2 fully saturated rings. The Bertz CT molecular complexity index is 850. The van der Waals surface area contributed by atoms with Crippen molar-refractivity contribution in [1.29, 1.82) is 0 Å². The maximum Gasteiger partial charge on any atom is 0.291 e. The van der Waals surface area contributed by atoms with Gasteiger partial charge in [0.2, 0.25) is 5.78 Å². The van der Waals surface area contributed by atoms with Crippen LogP contribution in [0.25, 0.3) is 0 Å². The third-order valence-electron chi connectivity index (χ3n) is 5.24. The molecular formula is C20H21N3O4S. The van der Waals surface area contributed by atoms with Crippen molar-refractivity contribution in [2.45, 2.75) is 6.04 Å². The van der Waals surface area contributed by atoms with Crippen LogP contribution < -0.4 is 0 Å². The predicted molar refractivity (Wildman–Crippen MR) is 103 cm³/mol. The molecule has 2 unspecified atom stereocenters. The Hall–Kier alpha value is -2.42. The van der Waals surface area contributed by atoms with Crippen molar-refractivity contribution in [2.24, 2.45) is 5.92 Å². The lowest BCUT2D eigenvalue weighted by atomic mass is 9.89. The first-order chi connectivity index (χ1) is 13.7. The van der Waals surface area contributed by atoms with E-state index in [1.54, 1.807) is 40.9 Å². The van der Waals surface area contributed by atoms with E-state index in [0.717, 1.165) is 13.1 Å². The molecule has 0 bridgehead atoms. The second-order valence-corrected chi connectivity index (χ2v) is 7.81. The molecule has 1 amide bonds. The second-order valence-electron chi connectivity index (χ2n) is 6.87. The molecule has 2 aromatic rings. The van der Waals surface area contributed by atoms with E-state index in [-0.39, 0.29) is 5.78 Å². The number of carbonyl (C=O) groups is 3. The lowest BCUT2D eigenvalue weighted by Crippen LogP contribution is -2.42. The quantitative estimate of drug-likeness (QED) is 0.415. The molecule has 4 rings (SSSR count). The summed E-state index contributed by atoms with van der Waals surface area (Å²) in [6.45, 7) is 3.95. The van der Waals surface area contributed by atoms with Crippen molar-refractivity contribution in [3.63, 3.8) is 0 Å². The van der Waals surface area contributed by atoms with Gasteiger partial charge in [-0.3, -0.25) is 24.3 Å². The van der Waals surface area contributed by atoms with Gasteiger partial charge in [0.05, 0.1) is 24.1 Å². The van der Waals surface area contributed by atoms with Gasteiger partial charge in [0.1, 0.15) is 5.92 Å². The molecule has 7 nitrogen and oxygen atoms in total. The van der Waals surface area contributed by atoms with Crippen LogP contribution in [0.5, 0.6) is 0 Å². The standard InChI is InChI=1S/C20H21N3O4S/c24-18(15-4-2-12-28-15)16-17(14-3-1-5-21-13-14)23(20(26)19(16)25)7-6-22-8-10-27-11-9-22/h1-5,12-13,16-17H,6-11H2. The number of rotatable bonds is 6. The first-order valence-electron chi connectivity index (χ1n) is 9.29. The van der Waals surface area contributed by atoms with Gasteiger partial charge in [0.25, 0.3) is 5.91 Å². The van der Waals surface area contributed by atoms with Crippen molar-refractivity contribution in [3.05, 3.63) is 52.5 Å². The third-order valence-corrected chi connectivity index (χ3v) is 6.12. The molecule has 4 heterocycles. The minimum atomic E-state index is -1.03. The minimum absolute atomic E-state index is 0.295. The minimum Gasteiger partial charge on any atom is -0.379 e. The number of thiophene rings is 1. The highest BCUT2D eigenvalue weighted by molar-refractivity contribution is 7.12. The molecule has 2 aromatic heterocycles. The molecule has 28 heavy (non-hydrogen) atoms. The number of Topliss-reactive ketones (excluding diaryl/α,β-unsaturated/α-hetero) is 2. The van der Waals surface area contributed by atoms with Crippen LogP contribution in [0.4, 0.5) is 0 Å². The molecule has 8 heteroatoms. The maximum atomic E-state index is 13.1. The summed E-state index contributed by atoms with van der Waals surface area (Å²) in [7, 11) is 0. The van der Waals surface area contributed by atoms with E-state index >= 15 is 0 Å². The van der Waals surface area contributed by atoms with E-state index in [1.807, 2.05) is 6.07 Å². The molecule has 0 aromatic carbocycles. The van der Waals surface area contributed by atoms with Crippen LogP contribution in [0.2, 0.25) is 0 Å². The van der Waals surface area contributed by atoms with Crippen LogP contribution in [-0.4, -0.2) is 71.7 Å². The van der Waals surface area contributed by atoms with Crippen molar-refractivity contribution in [2.75, 3.05) is 39.4 Å². The molecule has 2 saturated heterocycles. The number of morpholine rings is 1. The topological polar surface area (TPSA) is 79.8 Å². The van der Waals surface area contributed by atoms with Crippen molar-refractivity contribution in [3.8, 4) is 0 Å². The molecule has 0 aliphatic carbocycles. The summed E-state index contributed by atoms with van der Waals surface area (Å²) < 4.78 is 5.36. The maximum absolute atomic E-state index is 13.1. The van der Waals surface area contributed by atoms with Gasteiger partial charge in [-0.05, 0) is 23.1 Å². The Kier molecular flexibility index (Phi) is 5.61. The number of hydrogen-bond donors (Lipinski definition) is 0.